The maximum absolute atomic E-state index is 5.64. The van der Waals surface area contributed by atoms with Crippen molar-refractivity contribution >= 4 is 0 Å². The number of hydrogen-bond acceptors (Lipinski definition) is 4. The molecule has 3 N–H and O–H groups in total. The molecular weight excluding hydrogens is 226 g/mol. The zero-order chi connectivity index (χ0) is 13.0. The molecule has 96 valence electrons. The quantitative estimate of drug-likeness (QED) is 0.619. The molecule has 5 nitrogen and oxygen atoms in total. The van der Waals surface area contributed by atoms with Crippen molar-refractivity contribution in [1.29, 1.82) is 0 Å². The van der Waals surface area contributed by atoms with Gasteiger partial charge < -0.3 is 0 Å². The van der Waals surface area contributed by atoms with Crippen molar-refractivity contribution in [3.8, 4) is 0 Å². The highest BCUT2D eigenvalue weighted by molar-refractivity contribution is 5.26. The SMILES string of the molecule is CCCn1cc(C(NN)c2cc(C)ccn2)cn1. The third kappa shape index (κ3) is 2.75. The molecule has 0 aliphatic rings. The summed E-state index contributed by atoms with van der Waals surface area (Å²) in [4.78, 5) is 4.36. The number of rotatable bonds is 5. The average Bonchev–Trinajstić information content (AvgIpc) is 2.79. The first-order valence-electron chi connectivity index (χ1n) is 6.15. The highest BCUT2D eigenvalue weighted by Gasteiger charge is 2.15. The molecule has 0 fully saturated rings. The van der Waals surface area contributed by atoms with E-state index in [0.717, 1.165) is 24.2 Å². The van der Waals surface area contributed by atoms with Crippen LogP contribution < -0.4 is 11.3 Å². The fourth-order valence-corrected chi connectivity index (χ4v) is 1.95. The van der Waals surface area contributed by atoms with Crippen LogP contribution in [0.3, 0.4) is 0 Å². The molecule has 0 saturated heterocycles. The molecule has 0 amide bonds. The second kappa shape index (κ2) is 5.75. The van der Waals surface area contributed by atoms with Crippen molar-refractivity contribution in [2.45, 2.75) is 32.9 Å². The Labute approximate surface area is 107 Å². The summed E-state index contributed by atoms with van der Waals surface area (Å²) in [7, 11) is 0. The molecule has 0 radical (unpaired) electrons. The number of nitrogens with zero attached hydrogens (tertiary/aromatic N) is 3. The molecule has 0 saturated carbocycles. The van der Waals surface area contributed by atoms with Crippen molar-refractivity contribution in [3.63, 3.8) is 0 Å². The van der Waals surface area contributed by atoms with E-state index in [-0.39, 0.29) is 6.04 Å². The monoisotopic (exact) mass is 245 g/mol. The Morgan fingerprint density at radius 1 is 1.50 bits per heavy atom. The van der Waals surface area contributed by atoms with Gasteiger partial charge in [-0.2, -0.15) is 5.10 Å². The minimum atomic E-state index is -0.115. The van der Waals surface area contributed by atoms with E-state index in [1.807, 2.05) is 36.1 Å². The number of aromatic nitrogens is 3. The Morgan fingerprint density at radius 2 is 2.33 bits per heavy atom. The van der Waals surface area contributed by atoms with Crippen LogP contribution in [0.15, 0.2) is 30.7 Å². The van der Waals surface area contributed by atoms with E-state index < -0.39 is 0 Å². The van der Waals surface area contributed by atoms with Crippen molar-refractivity contribution in [1.82, 2.24) is 20.2 Å². The fourth-order valence-electron chi connectivity index (χ4n) is 1.95. The first kappa shape index (κ1) is 12.7. The lowest BCUT2D eigenvalue weighted by Crippen LogP contribution is -2.29. The van der Waals surface area contributed by atoms with Crippen molar-refractivity contribution in [3.05, 3.63) is 47.5 Å². The number of nitrogens with two attached hydrogens (primary N) is 1. The van der Waals surface area contributed by atoms with E-state index >= 15 is 0 Å². The van der Waals surface area contributed by atoms with E-state index in [4.69, 9.17) is 5.84 Å². The van der Waals surface area contributed by atoms with Gasteiger partial charge in [-0.3, -0.25) is 15.5 Å². The molecule has 0 aromatic carbocycles. The van der Waals surface area contributed by atoms with E-state index in [2.05, 4.69) is 22.4 Å². The van der Waals surface area contributed by atoms with Crippen LogP contribution in [0.5, 0.6) is 0 Å². The molecule has 0 aliphatic carbocycles. The minimum Gasteiger partial charge on any atom is -0.272 e. The molecule has 0 spiro atoms. The lowest BCUT2D eigenvalue weighted by atomic mass is 10.1. The van der Waals surface area contributed by atoms with Gasteiger partial charge in [-0.25, -0.2) is 5.43 Å². The lowest BCUT2D eigenvalue weighted by molar-refractivity contribution is 0.595. The summed E-state index contributed by atoms with van der Waals surface area (Å²) in [5, 5.41) is 4.32. The normalized spacial score (nSPS) is 12.6. The van der Waals surface area contributed by atoms with Crippen LogP contribution in [0.25, 0.3) is 0 Å². The van der Waals surface area contributed by atoms with Gasteiger partial charge in [-0.1, -0.05) is 6.92 Å². The smallest absolute Gasteiger partial charge is 0.0911 e. The summed E-state index contributed by atoms with van der Waals surface area (Å²) >= 11 is 0. The molecule has 2 aromatic heterocycles. The summed E-state index contributed by atoms with van der Waals surface area (Å²) in [6.07, 6.45) is 6.71. The largest absolute Gasteiger partial charge is 0.272 e. The van der Waals surface area contributed by atoms with E-state index in [9.17, 15) is 0 Å². The maximum Gasteiger partial charge on any atom is 0.0911 e. The maximum atomic E-state index is 5.64. The van der Waals surface area contributed by atoms with Gasteiger partial charge in [0, 0.05) is 24.5 Å². The Balaban J connectivity index is 2.27. The van der Waals surface area contributed by atoms with E-state index in [0.29, 0.717) is 0 Å². The second-order valence-electron chi connectivity index (χ2n) is 4.39. The first-order chi connectivity index (χ1) is 8.74. The van der Waals surface area contributed by atoms with E-state index in [1.165, 1.54) is 5.56 Å². The highest BCUT2D eigenvalue weighted by Crippen LogP contribution is 2.19. The number of aryl methyl sites for hydroxylation is 2. The zero-order valence-corrected chi connectivity index (χ0v) is 10.8. The Morgan fingerprint density at radius 3 is 3.00 bits per heavy atom. The molecule has 0 aliphatic heterocycles. The summed E-state index contributed by atoms with van der Waals surface area (Å²) in [6, 6.07) is 3.88. The predicted molar refractivity (Wildman–Crippen MR) is 70.7 cm³/mol. The number of hydrogen-bond donors (Lipinski definition) is 2. The van der Waals surface area contributed by atoms with Crippen LogP contribution in [0.2, 0.25) is 0 Å². The van der Waals surface area contributed by atoms with Gasteiger partial charge in [-0.15, -0.1) is 0 Å². The van der Waals surface area contributed by atoms with Crippen molar-refractivity contribution < 1.29 is 0 Å². The molecular formula is C13H19N5. The van der Waals surface area contributed by atoms with Gasteiger partial charge in [-0.05, 0) is 31.0 Å². The summed E-state index contributed by atoms with van der Waals surface area (Å²) < 4.78 is 1.93. The van der Waals surface area contributed by atoms with Gasteiger partial charge in [0.15, 0.2) is 0 Å². The van der Waals surface area contributed by atoms with Gasteiger partial charge in [0.2, 0.25) is 0 Å². The minimum absolute atomic E-state index is 0.115. The topological polar surface area (TPSA) is 68.8 Å². The van der Waals surface area contributed by atoms with Crippen LogP contribution >= 0.6 is 0 Å². The van der Waals surface area contributed by atoms with Crippen molar-refractivity contribution in [2.24, 2.45) is 5.84 Å². The molecule has 1 atom stereocenters. The average molecular weight is 245 g/mol. The Hall–Kier alpha value is -1.72. The fraction of sp³-hybridized carbons (Fsp3) is 0.385. The Bertz CT molecular complexity index is 506. The predicted octanol–water partition coefficient (Wildman–Crippen LogP) is 1.55. The standard InChI is InChI=1S/C13H19N5/c1-3-6-18-9-11(8-16-18)13(17-14)12-7-10(2)4-5-15-12/h4-5,7-9,13,17H,3,6,14H2,1-2H3. The Kier molecular flexibility index (Phi) is 4.07. The second-order valence-corrected chi connectivity index (χ2v) is 4.39. The number of pyridine rings is 1. The summed E-state index contributed by atoms with van der Waals surface area (Å²) in [5.74, 6) is 5.64. The molecule has 2 aromatic rings. The van der Waals surface area contributed by atoms with Crippen molar-refractivity contribution in [2.75, 3.05) is 0 Å². The zero-order valence-electron chi connectivity index (χ0n) is 10.8. The number of hydrazine groups is 1. The molecule has 0 bridgehead atoms. The first-order valence-corrected chi connectivity index (χ1v) is 6.15. The van der Waals surface area contributed by atoms with Crippen LogP contribution in [0.4, 0.5) is 0 Å². The lowest BCUT2D eigenvalue weighted by Gasteiger charge is -2.13. The van der Waals surface area contributed by atoms with Crippen LogP contribution in [0.1, 0.15) is 36.2 Å². The number of nitrogens with one attached hydrogen (secondary N) is 1. The molecule has 18 heavy (non-hydrogen) atoms. The highest BCUT2D eigenvalue weighted by atomic mass is 15.3. The van der Waals surface area contributed by atoms with Gasteiger partial charge in [0.25, 0.3) is 0 Å². The third-order valence-corrected chi connectivity index (χ3v) is 2.84. The molecule has 1 unspecified atom stereocenters. The van der Waals surface area contributed by atoms with E-state index in [1.54, 1.807) is 6.20 Å². The van der Waals surface area contributed by atoms with Gasteiger partial charge in [0.1, 0.15) is 0 Å². The summed E-state index contributed by atoms with van der Waals surface area (Å²) in [6.45, 7) is 5.08. The van der Waals surface area contributed by atoms with Crippen LogP contribution in [-0.2, 0) is 6.54 Å². The van der Waals surface area contributed by atoms with Crippen LogP contribution in [0, 0.1) is 6.92 Å². The van der Waals surface area contributed by atoms with Gasteiger partial charge in [0.05, 0.1) is 17.9 Å². The van der Waals surface area contributed by atoms with Gasteiger partial charge >= 0.3 is 0 Å². The third-order valence-electron chi connectivity index (χ3n) is 2.84. The molecule has 2 heterocycles. The molecule has 5 heteroatoms. The van der Waals surface area contributed by atoms with Crippen LogP contribution in [-0.4, -0.2) is 14.8 Å². The summed E-state index contributed by atoms with van der Waals surface area (Å²) in [5.41, 5.74) is 5.91. The molecule has 2 rings (SSSR count).